The second-order valence-corrected chi connectivity index (χ2v) is 10.5. The van der Waals surface area contributed by atoms with E-state index in [-0.39, 0.29) is 41.2 Å². The minimum Gasteiger partial charge on any atom is -0.357 e. The number of nitrogens with zero attached hydrogens (tertiary/aromatic N) is 1. The number of aliphatic imine (C=N–C) groups is 1. The minimum absolute atomic E-state index is 0. The molecule has 0 spiro atoms. The number of fused-ring (bicyclic) bond motifs is 1. The highest BCUT2D eigenvalue weighted by molar-refractivity contribution is 14.0. The van der Waals surface area contributed by atoms with E-state index in [0.717, 1.165) is 12.5 Å². The third-order valence-electron chi connectivity index (χ3n) is 4.79. The number of guanidine groups is 1. The van der Waals surface area contributed by atoms with Crippen LogP contribution in [0.15, 0.2) is 47.5 Å². The van der Waals surface area contributed by atoms with E-state index in [9.17, 15) is 8.42 Å². The first-order valence-corrected chi connectivity index (χ1v) is 11.9. The first-order valence-electron chi connectivity index (χ1n) is 9.81. The lowest BCUT2D eigenvalue weighted by Gasteiger charge is -2.24. The number of nitrogens with one attached hydrogen (secondary N) is 2. The van der Waals surface area contributed by atoms with Gasteiger partial charge in [-0.15, -0.1) is 24.0 Å². The second-order valence-electron chi connectivity index (χ2n) is 8.21. The predicted octanol–water partition coefficient (Wildman–Crippen LogP) is 4.53. The maximum atomic E-state index is 11.5. The Kier molecular flexibility index (Phi) is 9.88. The molecule has 0 amide bonds. The van der Waals surface area contributed by atoms with E-state index in [4.69, 9.17) is 4.99 Å². The summed E-state index contributed by atoms with van der Waals surface area (Å²) in [4.78, 5) is 4.71. The van der Waals surface area contributed by atoms with Crippen molar-refractivity contribution < 1.29 is 8.42 Å². The molecule has 162 valence electrons. The van der Waals surface area contributed by atoms with Crippen LogP contribution in [0, 0.1) is 5.41 Å². The van der Waals surface area contributed by atoms with E-state index < -0.39 is 9.84 Å². The van der Waals surface area contributed by atoms with Gasteiger partial charge in [0.15, 0.2) is 5.96 Å². The Balaban J connectivity index is 0.00000420. The summed E-state index contributed by atoms with van der Waals surface area (Å²) in [5, 5.41) is 9.20. The van der Waals surface area contributed by atoms with E-state index in [1.807, 2.05) is 19.1 Å². The van der Waals surface area contributed by atoms with Crippen LogP contribution in [0.1, 0.15) is 45.7 Å². The van der Waals surface area contributed by atoms with Gasteiger partial charge in [0.2, 0.25) is 0 Å². The standard InChI is InChI=1S/C22H33N3O2S.HI/c1-6-23-21(24-16-22(3,4)13-14-28(5,26)27)25-17(2)19-12-11-18-9-7-8-10-20(18)15-19;/h7-12,15,17H,6,13-14,16H2,1-5H3,(H2,23,24,25);1H. The molecule has 1 unspecified atom stereocenters. The summed E-state index contributed by atoms with van der Waals surface area (Å²) in [6.45, 7) is 9.58. The monoisotopic (exact) mass is 531 g/mol. The molecule has 2 aromatic carbocycles. The minimum atomic E-state index is -2.96. The SMILES string of the molecule is CCNC(=NCC(C)(C)CCS(C)(=O)=O)NC(C)c1ccc2ccccc2c1.I. The molecular weight excluding hydrogens is 497 g/mol. The van der Waals surface area contributed by atoms with Crippen molar-refractivity contribution in [3.8, 4) is 0 Å². The molecule has 1 atom stereocenters. The zero-order chi connectivity index (χ0) is 20.8. The molecule has 2 rings (SSSR count). The fourth-order valence-corrected chi connectivity index (χ4v) is 3.84. The van der Waals surface area contributed by atoms with E-state index in [1.54, 1.807) is 0 Å². The Morgan fingerprint density at radius 2 is 1.79 bits per heavy atom. The van der Waals surface area contributed by atoms with E-state index in [2.05, 4.69) is 61.7 Å². The van der Waals surface area contributed by atoms with Gasteiger partial charge in [-0.05, 0) is 48.1 Å². The van der Waals surface area contributed by atoms with E-state index in [1.165, 1.54) is 22.6 Å². The van der Waals surface area contributed by atoms with Gasteiger partial charge in [0.25, 0.3) is 0 Å². The summed E-state index contributed by atoms with van der Waals surface area (Å²) in [7, 11) is -2.96. The maximum absolute atomic E-state index is 11.5. The lowest BCUT2D eigenvalue weighted by molar-refractivity contribution is 0.365. The van der Waals surface area contributed by atoms with Crippen LogP contribution in [-0.2, 0) is 9.84 Å². The van der Waals surface area contributed by atoms with Crippen molar-refractivity contribution in [3.05, 3.63) is 48.0 Å². The zero-order valence-corrected chi connectivity index (χ0v) is 21.2. The van der Waals surface area contributed by atoms with Gasteiger partial charge >= 0.3 is 0 Å². The largest absolute Gasteiger partial charge is 0.357 e. The number of hydrogen-bond acceptors (Lipinski definition) is 3. The van der Waals surface area contributed by atoms with Gasteiger partial charge in [-0.3, -0.25) is 4.99 Å². The highest BCUT2D eigenvalue weighted by Crippen LogP contribution is 2.22. The molecule has 0 heterocycles. The molecule has 2 N–H and O–H groups in total. The van der Waals surface area contributed by atoms with Crippen LogP contribution in [0.3, 0.4) is 0 Å². The van der Waals surface area contributed by atoms with Gasteiger partial charge in [-0.2, -0.15) is 0 Å². The van der Waals surface area contributed by atoms with Crippen LogP contribution in [-0.4, -0.2) is 39.5 Å². The lowest BCUT2D eigenvalue weighted by Crippen LogP contribution is -2.39. The average Bonchev–Trinajstić information content (AvgIpc) is 2.64. The van der Waals surface area contributed by atoms with Crippen molar-refractivity contribution in [2.45, 2.75) is 40.2 Å². The second kappa shape index (κ2) is 11.2. The van der Waals surface area contributed by atoms with E-state index in [0.29, 0.717) is 13.0 Å². The van der Waals surface area contributed by atoms with Crippen LogP contribution >= 0.6 is 24.0 Å². The Morgan fingerprint density at radius 1 is 1.14 bits per heavy atom. The zero-order valence-electron chi connectivity index (χ0n) is 18.0. The summed E-state index contributed by atoms with van der Waals surface area (Å²) in [5.74, 6) is 0.933. The smallest absolute Gasteiger partial charge is 0.191 e. The van der Waals surface area contributed by atoms with Crippen molar-refractivity contribution in [3.63, 3.8) is 0 Å². The van der Waals surface area contributed by atoms with Crippen LogP contribution in [0.2, 0.25) is 0 Å². The Bertz CT molecular complexity index is 927. The fraction of sp³-hybridized carbons (Fsp3) is 0.500. The molecular formula is C22H34IN3O2S. The van der Waals surface area contributed by atoms with Crippen molar-refractivity contribution >= 4 is 50.5 Å². The molecule has 0 saturated heterocycles. The molecule has 0 aliphatic heterocycles. The van der Waals surface area contributed by atoms with Gasteiger partial charge < -0.3 is 10.6 Å². The number of benzene rings is 2. The van der Waals surface area contributed by atoms with Gasteiger partial charge in [0.1, 0.15) is 9.84 Å². The summed E-state index contributed by atoms with van der Waals surface area (Å²) < 4.78 is 22.9. The lowest BCUT2D eigenvalue weighted by atomic mass is 9.90. The van der Waals surface area contributed by atoms with Crippen LogP contribution in [0.5, 0.6) is 0 Å². The van der Waals surface area contributed by atoms with Crippen molar-refractivity contribution in [2.24, 2.45) is 10.4 Å². The molecule has 5 nitrogen and oxygen atoms in total. The summed E-state index contributed by atoms with van der Waals surface area (Å²) in [6, 6.07) is 14.9. The van der Waals surface area contributed by atoms with Gasteiger partial charge in [-0.1, -0.05) is 50.2 Å². The number of sulfone groups is 1. The summed E-state index contributed by atoms with van der Waals surface area (Å²) in [5.41, 5.74) is 1.01. The highest BCUT2D eigenvalue weighted by Gasteiger charge is 2.20. The fourth-order valence-electron chi connectivity index (χ4n) is 2.92. The van der Waals surface area contributed by atoms with Gasteiger partial charge in [0, 0.05) is 19.3 Å². The normalized spacial score (nSPS) is 13.6. The first-order chi connectivity index (χ1) is 13.1. The molecule has 0 fully saturated rings. The van der Waals surface area contributed by atoms with Crippen molar-refractivity contribution in [1.29, 1.82) is 0 Å². The molecule has 0 bridgehead atoms. The number of rotatable bonds is 8. The molecule has 0 saturated carbocycles. The molecule has 2 aromatic rings. The molecule has 29 heavy (non-hydrogen) atoms. The topological polar surface area (TPSA) is 70.6 Å². The third-order valence-corrected chi connectivity index (χ3v) is 5.73. The average molecular weight is 532 g/mol. The van der Waals surface area contributed by atoms with Gasteiger partial charge in [0.05, 0.1) is 11.8 Å². The quantitative estimate of drug-likeness (QED) is 0.298. The number of halogens is 1. The maximum Gasteiger partial charge on any atom is 0.191 e. The molecule has 7 heteroatoms. The molecule has 0 aromatic heterocycles. The Labute approximate surface area is 192 Å². The van der Waals surface area contributed by atoms with Crippen LogP contribution < -0.4 is 10.6 Å². The molecule has 0 radical (unpaired) electrons. The van der Waals surface area contributed by atoms with Crippen LogP contribution in [0.25, 0.3) is 10.8 Å². The third kappa shape index (κ3) is 8.90. The first kappa shape index (κ1) is 25.7. The molecule has 0 aliphatic rings. The highest BCUT2D eigenvalue weighted by atomic mass is 127. The Morgan fingerprint density at radius 3 is 2.41 bits per heavy atom. The van der Waals surface area contributed by atoms with Gasteiger partial charge in [-0.25, -0.2) is 8.42 Å². The summed E-state index contributed by atoms with van der Waals surface area (Å²) in [6.07, 6.45) is 1.87. The number of hydrogen-bond donors (Lipinski definition) is 2. The van der Waals surface area contributed by atoms with Crippen molar-refractivity contribution in [1.82, 2.24) is 10.6 Å². The van der Waals surface area contributed by atoms with E-state index >= 15 is 0 Å². The van der Waals surface area contributed by atoms with Crippen LogP contribution in [0.4, 0.5) is 0 Å². The van der Waals surface area contributed by atoms with Crippen molar-refractivity contribution in [2.75, 3.05) is 25.1 Å². The predicted molar refractivity (Wildman–Crippen MR) is 135 cm³/mol. The Hall–Kier alpha value is -1.35. The molecule has 0 aliphatic carbocycles. The summed E-state index contributed by atoms with van der Waals surface area (Å²) >= 11 is 0.